The molecule has 0 saturated carbocycles. The Morgan fingerprint density at radius 3 is 2.73 bits per heavy atom. The van der Waals surface area contributed by atoms with Gasteiger partial charge in [-0.15, -0.1) is 4.40 Å². The Labute approximate surface area is 182 Å². The second kappa shape index (κ2) is 8.04. The van der Waals surface area contributed by atoms with Crippen LogP contribution in [0.1, 0.15) is 60.1 Å². The van der Waals surface area contributed by atoms with Crippen molar-refractivity contribution in [2.45, 2.75) is 50.5 Å². The molecular formula is C22H24ClN3O3S. The number of benzene rings is 2. The molecule has 30 heavy (non-hydrogen) atoms. The van der Waals surface area contributed by atoms with Gasteiger partial charge in [0.1, 0.15) is 10.7 Å². The van der Waals surface area contributed by atoms with Gasteiger partial charge in [0.15, 0.2) is 0 Å². The number of aryl methyl sites for hydroxylation is 1. The maximum atomic E-state index is 13.0. The molecule has 0 spiro atoms. The number of amidine groups is 1. The molecule has 2 heterocycles. The minimum absolute atomic E-state index is 0.0336. The van der Waals surface area contributed by atoms with Crippen molar-refractivity contribution in [3.8, 4) is 0 Å². The summed E-state index contributed by atoms with van der Waals surface area (Å²) in [4.78, 5) is 14.9. The van der Waals surface area contributed by atoms with E-state index >= 15 is 0 Å². The lowest BCUT2D eigenvalue weighted by Crippen LogP contribution is -2.35. The van der Waals surface area contributed by atoms with Crippen molar-refractivity contribution in [3.63, 3.8) is 0 Å². The number of rotatable bonds is 3. The highest BCUT2D eigenvalue weighted by Crippen LogP contribution is 2.38. The number of hydrogen-bond acceptors (Lipinski definition) is 4. The third-order valence-electron chi connectivity index (χ3n) is 5.68. The van der Waals surface area contributed by atoms with E-state index in [9.17, 15) is 13.2 Å². The maximum absolute atomic E-state index is 13.0. The van der Waals surface area contributed by atoms with Gasteiger partial charge in [0.2, 0.25) is 0 Å². The third kappa shape index (κ3) is 3.84. The fourth-order valence-corrected chi connectivity index (χ4v) is 5.60. The minimum atomic E-state index is -3.88. The van der Waals surface area contributed by atoms with E-state index in [1.807, 2.05) is 43.0 Å². The van der Waals surface area contributed by atoms with Crippen LogP contribution in [0.3, 0.4) is 0 Å². The standard InChI is InChI=1S/C22H24ClN3O3S/c1-14-8-5-6-9-16(14)15(2)24-22(27)17-12-20-19(13-18(17)23)26-11-7-3-4-10-21(26)25-30(20,28)29/h5-6,8-9,12-13,15H,3-4,7,10-11H2,1-2H3,(H,24,27)/t15-/m0/s1. The summed E-state index contributed by atoms with van der Waals surface area (Å²) in [6.07, 6.45) is 3.50. The number of nitrogens with zero attached hydrogens (tertiary/aromatic N) is 2. The fraction of sp³-hybridized carbons (Fsp3) is 0.364. The Hall–Kier alpha value is -2.38. The molecule has 0 bridgehead atoms. The summed E-state index contributed by atoms with van der Waals surface area (Å²) >= 11 is 6.46. The molecule has 0 unspecified atom stereocenters. The molecule has 1 amide bonds. The smallest absolute Gasteiger partial charge is 0.286 e. The molecular weight excluding hydrogens is 422 g/mol. The molecule has 2 aromatic rings. The molecule has 2 aliphatic rings. The number of carbonyl (C=O) groups is 1. The largest absolute Gasteiger partial charge is 0.345 e. The highest BCUT2D eigenvalue weighted by atomic mass is 35.5. The second-order valence-corrected chi connectivity index (χ2v) is 9.78. The van der Waals surface area contributed by atoms with Crippen LogP contribution in [0.2, 0.25) is 5.02 Å². The van der Waals surface area contributed by atoms with Gasteiger partial charge >= 0.3 is 0 Å². The van der Waals surface area contributed by atoms with Gasteiger partial charge in [-0.05, 0) is 49.9 Å². The number of halogens is 1. The molecule has 8 heteroatoms. The summed E-state index contributed by atoms with van der Waals surface area (Å²) in [5.74, 6) is 0.140. The Bertz CT molecular complexity index is 1140. The molecule has 1 N–H and O–H groups in total. The monoisotopic (exact) mass is 445 g/mol. The topological polar surface area (TPSA) is 78.8 Å². The van der Waals surface area contributed by atoms with E-state index in [1.165, 1.54) is 6.07 Å². The van der Waals surface area contributed by atoms with Crippen LogP contribution in [-0.2, 0) is 10.0 Å². The number of hydrogen-bond donors (Lipinski definition) is 1. The summed E-state index contributed by atoms with van der Waals surface area (Å²) in [5, 5.41) is 3.15. The molecule has 1 atom stereocenters. The van der Waals surface area contributed by atoms with Gasteiger partial charge in [0.05, 0.1) is 22.3 Å². The Balaban J connectivity index is 1.69. The van der Waals surface area contributed by atoms with Gasteiger partial charge in [-0.2, -0.15) is 8.42 Å². The van der Waals surface area contributed by atoms with Crippen LogP contribution in [-0.4, -0.2) is 26.7 Å². The van der Waals surface area contributed by atoms with Crippen molar-refractivity contribution in [1.29, 1.82) is 0 Å². The molecule has 1 fully saturated rings. The van der Waals surface area contributed by atoms with Gasteiger partial charge in [-0.3, -0.25) is 4.79 Å². The first kappa shape index (κ1) is 20.9. The van der Waals surface area contributed by atoms with Crippen LogP contribution in [0.15, 0.2) is 45.7 Å². The van der Waals surface area contributed by atoms with Crippen LogP contribution in [0.5, 0.6) is 0 Å². The summed E-state index contributed by atoms with van der Waals surface area (Å²) in [7, 11) is -3.88. The van der Waals surface area contributed by atoms with E-state index in [1.54, 1.807) is 6.07 Å². The van der Waals surface area contributed by atoms with Gasteiger partial charge in [-0.1, -0.05) is 42.3 Å². The van der Waals surface area contributed by atoms with Gasteiger partial charge < -0.3 is 10.2 Å². The predicted octanol–water partition coefficient (Wildman–Crippen LogP) is 4.62. The van der Waals surface area contributed by atoms with Crippen LogP contribution in [0.4, 0.5) is 5.69 Å². The zero-order valence-corrected chi connectivity index (χ0v) is 18.6. The van der Waals surface area contributed by atoms with Gasteiger partial charge in [0.25, 0.3) is 15.9 Å². The molecule has 1 saturated heterocycles. The summed E-state index contributed by atoms with van der Waals surface area (Å²) in [6, 6.07) is 10.5. The Morgan fingerprint density at radius 2 is 1.97 bits per heavy atom. The van der Waals surface area contributed by atoms with E-state index < -0.39 is 15.9 Å². The molecule has 158 valence electrons. The number of amides is 1. The van der Waals surface area contributed by atoms with E-state index in [2.05, 4.69) is 9.71 Å². The van der Waals surface area contributed by atoms with E-state index in [4.69, 9.17) is 11.6 Å². The number of fused-ring (bicyclic) bond motifs is 3. The molecule has 2 aliphatic heterocycles. The number of anilines is 1. The zero-order valence-electron chi connectivity index (χ0n) is 17.0. The summed E-state index contributed by atoms with van der Waals surface area (Å²) in [6.45, 7) is 4.55. The van der Waals surface area contributed by atoms with Gasteiger partial charge in [-0.25, -0.2) is 0 Å². The Kier molecular flexibility index (Phi) is 5.59. The van der Waals surface area contributed by atoms with Crippen molar-refractivity contribution in [2.75, 3.05) is 11.4 Å². The molecule has 6 nitrogen and oxygen atoms in total. The lowest BCUT2D eigenvalue weighted by Gasteiger charge is -2.30. The molecule has 4 rings (SSSR count). The first-order valence-electron chi connectivity index (χ1n) is 10.1. The van der Waals surface area contributed by atoms with Crippen LogP contribution in [0, 0.1) is 6.92 Å². The number of carbonyl (C=O) groups excluding carboxylic acids is 1. The lowest BCUT2D eigenvalue weighted by atomic mass is 10.0. The fourth-order valence-electron chi connectivity index (χ4n) is 4.10. The quantitative estimate of drug-likeness (QED) is 0.747. The molecule has 0 aromatic heterocycles. The zero-order chi connectivity index (χ0) is 21.5. The predicted molar refractivity (Wildman–Crippen MR) is 119 cm³/mol. The minimum Gasteiger partial charge on any atom is -0.345 e. The molecule has 0 aliphatic carbocycles. The molecule has 2 aromatic carbocycles. The van der Waals surface area contributed by atoms with Gasteiger partial charge in [0, 0.05) is 13.0 Å². The van der Waals surface area contributed by atoms with Crippen molar-refractivity contribution in [2.24, 2.45) is 4.40 Å². The maximum Gasteiger partial charge on any atom is 0.286 e. The Morgan fingerprint density at radius 1 is 1.20 bits per heavy atom. The molecule has 0 radical (unpaired) electrons. The first-order chi connectivity index (χ1) is 14.3. The number of nitrogens with one attached hydrogen (secondary N) is 1. The lowest BCUT2D eigenvalue weighted by molar-refractivity contribution is 0.0940. The highest BCUT2D eigenvalue weighted by Gasteiger charge is 2.33. The average molecular weight is 446 g/mol. The van der Waals surface area contributed by atoms with Crippen LogP contribution in [0.25, 0.3) is 0 Å². The number of sulfonamides is 1. The van der Waals surface area contributed by atoms with Crippen molar-refractivity contribution < 1.29 is 13.2 Å². The van der Waals surface area contributed by atoms with Crippen molar-refractivity contribution >= 4 is 39.1 Å². The van der Waals surface area contributed by atoms with Crippen LogP contribution >= 0.6 is 11.6 Å². The normalized spacial score (nSPS) is 18.5. The van der Waals surface area contributed by atoms with E-state index in [0.29, 0.717) is 24.5 Å². The van der Waals surface area contributed by atoms with E-state index in [-0.39, 0.29) is 21.5 Å². The van der Waals surface area contributed by atoms with Crippen LogP contribution < -0.4 is 10.2 Å². The highest BCUT2D eigenvalue weighted by molar-refractivity contribution is 7.90. The van der Waals surface area contributed by atoms with E-state index in [0.717, 1.165) is 30.4 Å². The second-order valence-electron chi connectivity index (χ2n) is 7.80. The average Bonchev–Trinajstić information content (AvgIpc) is 2.92. The summed E-state index contributed by atoms with van der Waals surface area (Å²) in [5.41, 5.74) is 2.70. The van der Waals surface area contributed by atoms with Crippen molar-refractivity contribution in [3.05, 3.63) is 58.1 Å². The summed E-state index contributed by atoms with van der Waals surface area (Å²) < 4.78 is 29.7. The third-order valence-corrected chi connectivity index (χ3v) is 7.33. The SMILES string of the molecule is Cc1ccccc1[C@H](C)NC(=O)c1cc2c(cc1Cl)N1CCCCCC1=NS2(=O)=O. The first-order valence-corrected chi connectivity index (χ1v) is 11.9. The van der Waals surface area contributed by atoms with Crippen molar-refractivity contribution in [1.82, 2.24) is 5.32 Å².